The molecule has 0 N–H and O–H groups in total. The number of carbonyl (C=O) groups excluding carboxylic acids is 1. The van der Waals surface area contributed by atoms with E-state index in [1.165, 1.54) is 25.9 Å². The lowest BCUT2D eigenvalue weighted by molar-refractivity contribution is -0.00840. The van der Waals surface area contributed by atoms with Crippen LogP contribution in [0.2, 0.25) is 0 Å². The lowest BCUT2D eigenvalue weighted by atomic mass is 9.96. The van der Waals surface area contributed by atoms with E-state index in [0.717, 1.165) is 25.3 Å². The normalized spacial score (nSPS) is 20.8. The highest BCUT2D eigenvalue weighted by Crippen LogP contribution is 2.25. The van der Waals surface area contributed by atoms with E-state index in [1.54, 1.807) is 0 Å². The van der Waals surface area contributed by atoms with E-state index < -0.39 is 0 Å². The molecule has 0 bridgehead atoms. The molecule has 3 rings (SSSR count). The predicted octanol–water partition coefficient (Wildman–Crippen LogP) is 1.90. The number of amides is 1. The molecule has 2 aliphatic rings. The van der Waals surface area contributed by atoms with Crippen molar-refractivity contribution in [1.29, 1.82) is 0 Å². The average Bonchev–Trinajstić information content (AvgIpc) is 2.91. The van der Waals surface area contributed by atoms with Crippen molar-refractivity contribution >= 4 is 5.91 Å². The summed E-state index contributed by atoms with van der Waals surface area (Å²) in [6.07, 6.45) is 4.45. The van der Waals surface area contributed by atoms with Crippen LogP contribution >= 0.6 is 0 Å². The first kappa shape index (κ1) is 17.5. The lowest BCUT2D eigenvalue weighted by Gasteiger charge is -2.50. The van der Waals surface area contributed by atoms with E-state index in [2.05, 4.69) is 30.7 Å². The van der Waals surface area contributed by atoms with Crippen molar-refractivity contribution in [3.63, 3.8) is 0 Å². The Bertz CT molecular complexity index is 553. The zero-order valence-electron chi connectivity index (χ0n) is 15.6. The molecule has 5 heteroatoms. The van der Waals surface area contributed by atoms with Crippen molar-refractivity contribution in [2.45, 2.75) is 38.8 Å². The quantitative estimate of drug-likeness (QED) is 0.825. The molecule has 3 heterocycles. The van der Waals surface area contributed by atoms with Gasteiger partial charge in [0.05, 0.1) is 0 Å². The van der Waals surface area contributed by atoms with Crippen LogP contribution in [0.5, 0.6) is 0 Å². The number of aryl methyl sites for hydroxylation is 1. The minimum Gasteiger partial charge on any atom is -0.347 e. The first-order valence-electron chi connectivity index (χ1n) is 9.30. The summed E-state index contributed by atoms with van der Waals surface area (Å²) in [7, 11) is 4.15. The second kappa shape index (κ2) is 7.28. The van der Waals surface area contributed by atoms with Gasteiger partial charge in [0, 0.05) is 45.0 Å². The average molecular weight is 332 g/mol. The van der Waals surface area contributed by atoms with Gasteiger partial charge in [-0.1, -0.05) is 13.8 Å². The van der Waals surface area contributed by atoms with Crippen molar-refractivity contribution in [2.75, 3.05) is 39.8 Å². The first-order chi connectivity index (χ1) is 11.5. The van der Waals surface area contributed by atoms with Gasteiger partial charge in [0.15, 0.2) is 0 Å². The summed E-state index contributed by atoms with van der Waals surface area (Å²) in [5.41, 5.74) is 0.795. The molecule has 1 aromatic rings. The van der Waals surface area contributed by atoms with Crippen molar-refractivity contribution in [3.05, 3.63) is 24.0 Å². The van der Waals surface area contributed by atoms with Gasteiger partial charge in [-0.15, -0.1) is 0 Å². The topological polar surface area (TPSA) is 31.7 Å². The summed E-state index contributed by atoms with van der Waals surface area (Å²) in [5, 5.41) is 0. The van der Waals surface area contributed by atoms with Gasteiger partial charge in [-0.2, -0.15) is 0 Å². The number of hydrogen-bond acceptors (Lipinski definition) is 3. The third-order valence-corrected chi connectivity index (χ3v) is 5.51. The summed E-state index contributed by atoms with van der Waals surface area (Å²) >= 11 is 0. The van der Waals surface area contributed by atoms with Gasteiger partial charge in [0.1, 0.15) is 5.69 Å². The largest absolute Gasteiger partial charge is 0.347 e. The van der Waals surface area contributed by atoms with E-state index in [-0.39, 0.29) is 5.91 Å². The third-order valence-electron chi connectivity index (χ3n) is 5.51. The number of rotatable bonds is 5. The fourth-order valence-electron chi connectivity index (χ4n) is 4.02. The zero-order chi connectivity index (χ0) is 17.3. The highest BCUT2D eigenvalue weighted by atomic mass is 16.2. The van der Waals surface area contributed by atoms with E-state index in [4.69, 9.17) is 0 Å². The Balaban J connectivity index is 1.60. The zero-order valence-corrected chi connectivity index (χ0v) is 15.6. The maximum absolute atomic E-state index is 12.6. The van der Waals surface area contributed by atoms with Crippen LogP contribution in [0.25, 0.3) is 0 Å². The Morgan fingerprint density at radius 3 is 2.42 bits per heavy atom. The Hall–Kier alpha value is -1.33. The summed E-state index contributed by atoms with van der Waals surface area (Å²) < 4.78 is 1.92. The van der Waals surface area contributed by atoms with Gasteiger partial charge < -0.3 is 14.4 Å². The minimum atomic E-state index is 0.173. The Labute approximate surface area is 146 Å². The molecule has 0 spiro atoms. The molecule has 2 saturated heterocycles. The van der Waals surface area contributed by atoms with Gasteiger partial charge in [0.25, 0.3) is 5.91 Å². The van der Waals surface area contributed by atoms with Gasteiger partial charge in [-0.25, -0.2) is 0 Å². The van der Waals surface area contributed by atoms with E-state index in [1.807, 2.05) is 34.8 Å². The summed E-state index contributed by atoms with van der Waals surface area (Å²) in [6.45, 7) is 9.88. The third kappa shape index (κ3) is 3.67. The number of likely N-dealkylation sites (tertiary alicyclic amines) is 2. The summed E-state index contributed by atoms with van der Waals surface area (Å²) in [5.74, 6) is 0.842. The lowest BCUT2D eigenvalue weighted by Crippen LogP contribution is -2.64. The minimum absolute atomic E-state index is 0.173. The standard InChI is InChI=1S/C19H32N4O/c1-15(2)12-23(16-7-10-20(3)11-8-16)17-13-22(14-17)19(24)18-6-5-9-21(18)4/h5-6,9,15-17H,7-8,10-14H2,1-4H3. The SMILES string of the molecule is CC(C)CN(C1CCN(C)CC1)C1CN(C(=O)c2cccn2C)C1. The molecule has 2 fully saturated rings. The van der Waals surface area contributed by atoms with Crippen molar-refractivity contribution < 1.29 is 4.79 Å². The molecule has 24 heavy (non-hydrogen) atoms. The summed E-state index contributed by atoms with van der Waals surface area (Å²) in [4.78, 5) is 19.7. The number of carbonyl (C=O) groups is 1. The first-order valence-corrected chi connectivity index (χ1v) is 9.30. The Kier molecular flexibility index (Phi) is 5.30. The Morgan fingerprint density at radius 1 is 1.21 bits per heavy atom. The molecule has 5 nitrogen and oxygen atoms in total. The molecule has 1 amide bonds. The molecule has 0 unspecified atom stereocenters. The number of hydrogen-bond donors (Lipinski definition) is 0. The highest BCUT2D eigenvalue weighted by Gasteiger charge is 2.39. The maximum Gasteiger partial charge on any atom is 0.270 e. The number of nitrogens with zero attached hydrogens (tertiary/aromatic N) is 4. The fraction of sp³-hybridized carbons (Fsp3) is 0.737. The molecular weight excluding hydrogens is 300 g/mol. The van der Waals surface area contributed by atoms with Gasteiger partial charge >= 0.3 is 0 Å². The molecule has 2 aliphatic heterocycles. The van der Waals surface area contributed by atoms with Crippen molar-refractivity contribution in [2.24, 2.45) is 13.0 Å². The molecular formula is C19H32N4O. The predicted molar refractivity (Wildman–Crippen MR) is 97.2 cm³/mol. The number of aromatic nitrogens is 1. The molecule has 0 aromatic carbocycles. The maximum atomic E-state index is 12.6. The molecule has 1 aromatic heterocycles. The number of piperidine rings is 1. The monoisotopic (exact) mass is 332 g/mol. The van der Waals surface area contributed by atoms with Crippen LogP contribution in [0, 0.1) is 5.92 Å². The Morgan fingerprint density at radius 2 is 1.88 bits per heavy atom. The smallest absolute Gasteiger partial charge is 0.270 e. The van der Waals surface area contributed by atoms with Crippen LogP contribution in [0.3, 0.4) is 0 Å². The van der Waals surface area contributed by atoms with Gasteiger partial charge in [-0.05, 0) is 51.0 Å². The fourth-order valence-corrected chi connectivity index (χ4v) is 4.02. The molecule has 134 valence electrons. The van der Waals surface area contributed by atoms with E-state index >= 15 is 0 Å². The van der Waals surface area contributed by atoms with Crippen LogP contribution in [-0.2, 0) is 7.05 Å². The van der Waals surface area contributed by atoms with Crippen LogP contribution in [0.4, 0.5) is 0 Å². The summed E-state index contributed by atoms with van der Waals surface area (Å²) in [6, 6.07) is 5.07. The van der Waals surface area contributed by atoms with E-state index in [0.29, 0.717) is 18.0 Å². The molecule has 0 aliphatic carbocycles. The highest BCUT2D eigenvalue weighted by molar-refractivity contribution is 5.93. The van der Waals surface area contributed by atoms with Crippen LogP contribution in [0.1, 0.15) is 37.2 Å². The van der Waals surface area contributed by atoms with Crippen LogP contribution in [-0.4, -0.2) is 77.0 Å². The van der Waals surface area contributed by atoms with Crippen LogP contribution < -0.4 is 0 Å². The van der Waals surface area contributed by atoms with Crippen molar-refractivity contribution in [3.8, 4) is 0 Å². The van der Waals surface area contributed by atoms with Crippen LogP contribution in [0.15, 0.2) is 18.3 Å². The van der Waals surface area contributed by atoms with Crippen molar-refractivity contribution in [1.82, 2.24) is 19.3 Å². The second-order valence-electron chi connectivity index (χ2n) is 7.99. The molecule has 0 atom stereocenters. The second-order valence-corrected chi connectivity index (χ2v) is 7.99. The van der Waals surface area contributed by atoms with E-state index in [9.17, 15) is 4.79 Å². The van der Waals surface area contributed by atoms with Gasteiger partial charge in [-0.3, -0.25) is 9.69 Å². The molecule has 0 radical (unpaired) electrons. The molecule has 0 saturated carbocycles. The van der Waals surface area contributed by atoms with Gasteiger partial charge in [0.2, 0.25) is 0 Å².